The molecule has 19 heavy (non-hydrogen) atoms. The molecule has 100 valence electrons. The molecule has 0 radical (unpaired) electrons. The molecule has 0 saturated carbocycles. The molecule has 0 aromatic heterocycles. The zero-order valence-corrected chi connectivity index (χ0v) is 14.3. The Bertz CT molecular complexity index is 410. The van der Waals surface area contributed by atoms with Crippen molar-refractivity contribution in [3.05, 3.63) is 30.9 Å². The smallest absolute Gasteiger partial charge is 0.497 e. The number of halogens is 3. The molecule has 0 spiro atoms. The van der Waals surface area contributed by atoms with Crippen LogP contribution in [0.2, 0.25) is 0 Å². The van der Waals surface area contributed by atoms with E-state index >= 15 is 0 Å². The molecule has 0 atom stereocenters. The van der Waals surface area contributed by atoms with Gasteiger partial charge in [-0.1, -0.05) is 11.5 Å². The van der Waals surface area contributed by atoms with Crippen molar-refractivity contribution in [1.82, 2.24) is 0 Å². The zero-order valence-electron chi connectivity index (χ0n) is 11.2. The van der Waals surface area contributed by atoms with Gasteiger partial charge in [0.25, 0.3) is 0 Å². The molecule has 1 aromatic rings. The van der Waals surface area contributed by atoms with E-state index in [9.17, 15) is 12.9 Å². The average Bonchev–Trinajstić information content (AvgIpc) is 2.33. The van der Waals surface area contributed by atoms with Crippen LogP contribution < -0.4 is 66.3 Å². The summed E-state index contributed by atoms with van der Waals surface area (Å²) in [6, 6.07) is 3.70. The Kier molecular flexibility index (Phi) is 9.10. The molecule has 0 fully saturated rings. The van der Waals surface area contributed by atoms with Crippen LogP contribution in [-0.4, -0.2) is 20.7 Å². The van der Waals surface area contributed by atoms with Crippen LogP contribution in [0.5, 0.6) is 11.5 Å². The Morgan fingerprint density at radius 2 is 2.00 bits per heavy atom. The van der Waals surface area contributed by atoms with Gasteiger partial charge in [0.1, 0.15) is 5.75 Å². The van der Waals surface area contributed by atoms with Crippen molar-refractivity contribution in [2.24, 2.45) is 0 Å². The van der Waals surface area contributed by atoms with Crippen molar-refractivity contribution < 1.29 is 73.8 Å². The molecule has 0 saturated heterocycles. The van der Waals surface area contributed by atoms with E-state index in [2.05, 4.69) is 6.58 Å². The number of hydrogen-bond donors (Lipinski definition) is 0. The topological polar surface area (TPSA) is 18.5 Å². The van der Waals surface area contributed by atoms with Crippen molar-refractivity contribution in [3.63, 3.8) is 0 Å². The van der Waals surface area contributed by atoms with Gasteiger partial charge in [-0.25, -0.2) is 0 Å². The normalized spacial score (nSPS) is 10.5. The molecule has 0 N–H and O–H groups in total. The molecule has 0 bridgehead atoms. The second-order valence-electron chi connectivity index (χ2n) is 3.76. The van der Waals surface area contributed by atoms with Gasteiger partial charge < -0.3 is 22.4 Å². The maximum absolute atomic E-state index is 12.9. The molecule has 0 heterocycles. The summed E-state index contributed by atoms with van der Waals surface area (Å²) in [7, 11) is 1.33. The molecule has 0 unspecified atom stereocenters. The van der Waals surface area contributed by atoms with Gasteiger partial charge in [0.2, 0.25) is 0 Å². The predicted octanol–water partition coefficient (Wildman–Crippen LogP) is 0.0986. The summed E-state index contributed by atoms with van der Waals surface area (Å²) in [4.78, 5) is 0. The number of benzene rings is 1. The molecule has 0 aliphatic heterocycles. The Labute approximate surface area is 153 Å². The molecular formula is C12H15BF3KO2. The largest absolute Gasteiger partial charge is 1.00 e. The maximum Gasteiger partial charge on any atom is 1.00 e. The standard InChI is InChI=1S/C12H15BF3O2.K/c1-3-4-5-8-18-12-7-6-10(17-2)9-11(12)13(14,15)16;/h3,6-7,9H,1,4-5,8H2,2H3;/q-1;+1. The molecule has 2 nitrogen and oxygen atoms in total. The Morgan fingerprint density at radius 3 is 2.53 bits per heavy atom. The molecule has 1 aromatic carbocycles. The first-order valence-electron chi connectivity index (χ1n) is 5.60. The third-order valence-corrected chi connectivity index (χ3v) is 2.38. The van der Waals surface area contributed by atoms with Crippen molar-refractivity contribution in [2.45, 2.75) is 12.8 Å². The van der Waals surface area contributed by atoms with E-state index in [1.807, 2.05) is 0 Å². The van der Waals surface area contributed by atoms with Crippen LogP contribution in [0.1, 0.15) is 12.8 Å². The van der Waals surface area contributed by atoms with Gasteiger partial charge in [-0.05, 0) is 31.0 Å². The number of unbranched alkanes of at least 4 members (excludes halogenated alkanes) is 1. The second-order valence-corrected chi connectivity index (χ2v) is 3.76. The van der Waals surface area contributed by atoms with E-state index in [1.54, 1.807) is 6.08 Å². The summed E-state index contributed by atoms with van der Waals surface area (Å²) >= 11 is 0. The molecule has 0 amide bonds. The summed E-state index contributed by atoms with van der Waals surface area (Å²) in [5, 5.41) is 0. The molecule has 7 heteroatoms. The van der Waals surface area contributed by atoms with Crippen LogP contribution in [0.3, 0.4) is 0 Å². The van der Waals surface area contributed by atoms with Gasteiger partial charge in [-0.3, -0.25) is 0 Å². The van der Waals surface area contributed by atoms with Gasteiger partial charge in [0, 0.05) is 0 Å². The fourth-order valence-corrected chi connectivity index (χ4v) is 1.45. The van der Waals surface area contributed by atoms with Gasteiger partial charge in [0.05, 0.1) is 19.5 Å². The van der Waals surface area contributed by atoms with Gasteiger partial charge in [0.15, 0.2) is 0 Å². The average molecular weight is 298 g/mol. The third kappa shape index (κ3) is 6.36. The van der Waals surface area contributed by atoms with Crippen LogP contribution in [0.4, 0.5) is 12.9 Å². The summed E-state index contributed by atoms with van der Waals surface area (Å²) in [6.07, 6.45) is 3.05. The van der Waals surface area contributed by atoms with Crippen LogP contribution >= 0.6 is 0 Å². The first-order chi connectivity index (χ1) is 8.49. The number of ether oxygens (including phenoxy) is 2. The number of allylic oxidation sites excluding steroid dienone is 1. The minimum absolute atomic E-state index is 0. The van der Waals surface area contributed by atoms with Crippen LogP contribution in [-0.2, 0) is 0 Å². The van der Waals surface area contributed by atoms with Gasteiger partial charge >= 0.3 is 58.4 Å². The monoisotopic (exact) mass is 298 g/mol. The van der Waals surface area contributed by atoms with Crippen molar-refractivity contribution in [3.8, 4) is 11.5 Å². The van der Waals surface area contributed by atoms with Crippen molar-refractivity contribution in [2.75, 3.05) is 13.7 Å². The van der Waals surface area contributed by atoms with Crippen LogP contribution in [0, 0.1) is 0 Å². The Morgan fingerprint density at radius 1 is 1.32 bits per heavy atom. The van der Waals surface area contributed by atoms with E-state index in [1.165, 1.54) is 19.2 Å². The molecule has 0 aliphatic carbocycles. The molecule has 1 rings (SSSR count). The fraction of sp³-hybridized carbons (Fsp3) is 0.333. The van der Waals surface area contributed by atoms with Gasteiger partial charge in [-0.15, -0.1) is 6.58 Å². The van der Waals surface area contributed by atoms with E-state index in [-0.39, 0.29) is 69.5 Å². The Hall–Kier alpha value is 0.0513. The first-order valence-corrected chi connectivity index (χ1v) is 5.60. The van der Waals surface area contributed by atoms with Crippen molar-refractivity contribution >= 4 is 12.4 Å². The van der Waals surface area contributed by atoms with E-state index in [4.69, 9.17) is 9.47 Å². The SMILES string of the molecule is C=CCCCOc1ccc(OC)cc1[B-](F)(F)F.[K+]. The minimum Gasteiger partial charge on any atom is -0.497 e. The number of hydrogen-bond acceptors (Lipinski definition) is 2. The minimum atomic E-state index is -5.11. The first kappa shape index (κ1) is 19.1. The second kappa shape index (κ2) is 9.07. The fourth-order valence-electron chi connectivity index (χ4n) is 1.45. The number of methoxy groups -OCH3 is 1. The zero-order chi connectivity index (χ0) is 13.6. The van der Waals surface area contributed by atoms with Gasteiger partial charge in [-0.2, -0.15) is 0 Å². The summed E-state index contributed by atoms with van der Waals surface area (Å²) < 4.78 is 48.5. The van der Waals surface area contributed by atoms with E-state index < -0.39 is 12.4 Å². The number of rotatable bonds is 7. The summed E-state index contributed by atoms with van der Waals surface area (Å²) in [6.45, 7) is -1.35. The molecule has 0 aliphatic rings. The molecular weight excluding hydrogens is 283 g/mol. The quantitative estimate of drug-likeness (QED) is 0.404. The summed E-state index contributed by atoms with van der Waals surface area (Å²) in [5.74, 6) is 0.0232. The van der Waals surface area contributed by atoms with E-state index in [0.29, 0.717) is 12.8 Å². The van der Waals surface area contributed by atoms with Crippen LogP contribution in [0.25, 0.3) is 0 Å². The van der Waals surface area contributed by atoms with E-state index in [0.717, 1.165) is 6.07 Å². The Balaban J connectivity index is 0.00000324. The van der Waals surface area contributed by atoms with Crippen LogP contribution in [0.15, 0.2) is 30.9 Å². The third-order valence-electron chi connectivity index (χ3n) is 2.38. The predicted molar refractivity (Wildman–Crippen MR) is 66.6 cm³/mol. The van der Waals surface area contributed by atoms with Crippen molar-refractivity contribution in [1.29, 1.82) is 0 Å². The summed E-state index contributed by atoms with van der Waals surface area (Å²) in [5.41, 5.74) is -0.757. The maximum atomic E-state index is 12.9.